The van der Waals surface area contributed by atoms with E-state index in [0.717, 1.165) is 17.3 Å². The van der Waals surface area contributed by atoms with Gasteiger partial charge in [-0.1, -0.05) is 47.5 Å². The summed E-state index contributed by atoms with van der Waals surface area (Å²) < 4.78 is 0. The Morgan fingerprint density at radius 1 is 1.33 bits per heavy atom. The smallest absolute Gasteiger partial charge is 0.260 e. The van der Waals surface area contributed by atoms with Crippen LogP contribution in [0.5, 0.6) is 0 Å². The number of hydrogen-bond donors (Lipinski definition) is 0. The number of hydrogen-bond acceptors (Lipinski definition) is 2. The van der Waals surface area contributed by atoms with Crippen LogP contribution in [0.25, 0.3) is 0 Å². The first kappa shape index (κ1) is 13.3. The van der Waals surface area contributed by atoms with Gasteiger partial charge in [0.25, 0.3) is 5.91 Å². The van der Waals surface area contributed by atoms with Crippen molar-refractivity contribution in [2.75, 3.05) is 11.9 Å². The Bertz CT molecular complexity index is 469. The summed E-state index contributed by atoms with van der Waals surface area (Å²) in [6.07, 6.45) is 1.28. The van der Waals surface area contributed by atoms with Gasteiger partial charge >= 0.3 is 0 Å². The molecule has 96 valence electrons. The van der Waals surface area contributed by atoms with E-state index >= 15 is 0 Å². The van der Waals surface area contributed by atoms with Crippen LogP contribution in [0, 0.1) is 5.92 Å². The van der Waals surface area contributed by atoms with Gasteiger partial charge in [-0.15, -0.1) is 0 Å². The monoisotopic (exact) mass is 309 g/mol. The van der Waals surface area contributed by atoms with Gasteiger partial charge in [-0.25, -0.2) is 0 Å². The van der Waals surface area contributed by atoms with Crippen molar-refractivity contribution in [2.24, 2.45) is 5.92 Å². The van der Waals surface area contributed by atoms with E-state index in [1.165, 1.54) is 4.90 Å². The van der Waals surface area contributed by atoms with Crippen LogP contribution >= 0.6 is 15.9 Å². The fraction of sp³-hybridized carbons (Fsp3) is 0.429. The van der Waals surface area contributed by atoms with Crippen molar-refractivity contribution in [3.8, 4) is 0 Å². The van der Waals surface area contributed by atoms with E-state index in [2.05, 4.69) is 22.9 Å². The van der Waals surface area contributed by atoms with Crippen molar-refractivity contribution in [3.63, 3.8) is 0 Å². The predicted octanol–water partition coefficient (Wildman–Crippen LogP) is 2.63. The molecule has 0 spiro atoms. The zero-order valence-corrected chi connectivity index (χ0v) is 11.9. The van der Waals surface area contributed by atoms with Gasteiger partial charge in [0.05, 0.1) is 6.42 Å². The molecule has 18 heavy (non-hydrogen) atoms. The molecule has 0 radical (unpaired) electrons. The maximum atomic E-state index is 12.3. The van der Waals surface area contributed by atoms with Crippen molar-refractivity contribution in [2.45, 2.75) is 19.8 Å². The zero-order chi connectivity index (χ0) is 13.1. The third kappa shape index (κ3) is 2.48. The number of carbonyl (C=O) groups is 2. The van der Waals surface area contributed by atoms with E-state index < -0.39 is 0 Å². The fourth-order valence-electron chi connectivity index (χ4n) is 2.13. The lowest BCUT2D eigenvalue weighted by Gasteiger charge is -2.29. The first-order valence-corrected chi connectivity index (χ1v) is 7.28. The van der Waals surface area contributed by atoms with Crippen LogP contribution in [0.2, 0.25) is 0 Å². The molecule has 3 nitrogen and oxygen atoms in total. The summed E-state index contributed by atoms with van der Waals surface area (Å²) >= 11 is 3.43. The molecule has 0 aromatic heterocycles. The molecule has 0 bridgehead atoms. The molecular weight excluding hydrogens is 294 g/mol. The van der Waals surface area contributed by atoms with Crippen LogP contribution in [0.15, 0.2) is 24.3 Å². The summed E-state index contributed by atoms with van der Waals surface area (Å²) in [5.41, 5.74) is 1.51. The van der Waals surface area contributed by atoms with Gasteiger partial charge < -0.3 is 0 Å². The minimum absolute atomic E-state index is 0.0851. The second-order valence-electron chi connectivity index (χ2n) is 4.57. The molecule has 1 aliphatic rings. The number of rotatable bonds is 4. The Labute approximate surface area is 115 Å². The SMILES string of the molecule is CCC(CBr)CN1C(=O)Cc2ccccc2C1=O. The second-order valence-corrected chi connectivity index (χ2v) is 5.22. The van der Waals surface area contributed by atoms with Crippen LogP contribution in [0.4, 0.5) is 0 Å². The van der Waals surface area contributed by atoms with Crippen molar-refractivity contribution in [1.29, 1.82) is 0 Å². The minimum atomic E-state index is -0.152. The summed E-state index contributed by atoms with van der Waals surface area (Å²) in [6.45, 7) is 2.58. The molecule has 2 rings (SSSR count). The summed E-state index contributed by atoms with van der Waals surface area (Å²) in [6, 6.07) is 7.35. The molecule has 1 aromatic rings. The maximum absolute atomic E-state index is 12.3. The first-order valence-electron chi connectivity index (χ1n) is 6.16. The molecule has 1 unspecified atom stereocenters. The average Bonchev–Trinajstić information content (AvgIpc) is 2.39. The van der Waals surface area contributed by atoms with Crippen LogP contribution < -0.4 is 0 Å². The van der Waals surface area contributed by atoms with Gasteiger partial charge in [0, 0.05) is 17.4 Å². The quantitative estimate of drug-likeness (QED) is 0.633. The van der Waals surface area contributed by atoms with Gasteiger partial charge in [-0.2, -0.15) is 0 Å². The van der Waals surface area contributed by atoms with Gasteiger partial charge in [0.2, 0.25) is 5.91 Å². The number of alkyl halides is 1. The second kappa shape index (κ2) is 5.65. The van der Waals surface area contributed by atoms with Crippen LogP contribution in [0.1, 0.15) is 29.3 Å². The van der Waals surface area contributed by atoms with Crippen molar-refractivity contribution >= 4 is 27.7 Å². The van der Waals surface area contributed by atoms with E-state index in [1.54, 1.807) is 6.07 Å². The van der Waals surface area contributed by atoms with E-state index in [-0.39, 0.29) is 11.8 Å². The van der Waals surface area contributed by atoms with Gasteiger partial charge in [0.15, 0.2) is 0 Å². The van der Waals surface area contributed by atoms with Gasteiger partial charge in [-0.05, 0) is 17.5 Å². The highest BCUT2D eigenvalue weighted by atomic mass is 79.9. The first-order chi connectivity index (χ1) is 8.67. The van der Waals surface area contributed by atoms with Crippen molar-refractivity contribution in [1.82, 2.24) is 4.90 Å². The fourth-order valence-corrected chi connectivity index (χ4v) is 2.79. The third-order valence-electron chi connectivity index (χ3n) is 3.37. The summed E-state index contributed by atoms with van der Waals surface area (Å²) in [5.74, 6) is 0.0857. The Morgan fingerprint density at radius 3 is 2.72 bits per heavy atom. The molecule has 4 heteroatoms. The van der Waals surface area contributed by atoms with Crippen LogP contribution in [0.3, 0.4) is 0 Å². The van der Waals surface area contributed by atoms with Crippen molar-refractivity contribution in [3.05, 3.63) is 35.4 Å². The minimum Gasteiger partial charge on any atom is -0.278 e. The van der Waals surface area contributed by atoms with Crippen molar-refractivity contribution < 1.29 is 9.59 Å². The van der Waals surface area contributed by atoms with Gasteiger partial charge in [0.1, 0.15) is 0 Å². The number of fused-ring (bicyclic) bond motifs is 1. The molecule has 1 atom stereocenters. The molecular formula is C14H16BrNO2. The summed E-state index contributed by atoms with van der Waals surface area (Å²) in [4.78, 5) is 25.7. The van der Waals surface area contributed by atoms with E-state index in [4.69, 9.17) is 0 Å². The number of imide groups is 1. The molecule has 0 saturated heterocycles. The highest BCUT2D eigenvalue weighted by molar-refractivity contribution is 9.09. The molecule has 1 heterocycles. The normalized spacial score (nSPS) is 16.7. The standard InChI is InChI=1S/C14H16BrNO2/c1-2-10(8-15)9-16-13(17)7-11-5-3-4-6-12(11)14(16)18/h3-6,10H,2,7-9H2,1H3. The Balaban J connectivity index is 2.24. The number of carbonyl (C=O) groups excluding carboxylic acids is 2. The highest BCUT2D eigenvalue weighted by Gasteiger charge is 2.31. The lowest BCUT2D eigenvalue weighted by molar-refractivity contribution is -0.128. The molecule has 0 aliphatic carbocycles. The molecule has 0 fully saturated rings. The molecule has 1 aliphatic heterocycles. The van der Waals surface area contributed by atoms with Crippen LogP contribution in [-0.2, 0) is 11.2 Å². The summed E-state index contributed by atoms with van der Waals surface area (Å²) in [5, 5.41) is 0.808. The largest absolute Gasteiger partial charge is 0.278 e. The number of benzene rings is 1. The zero-order valence-electron chi connectivity index (χ0n) is 10.4. The molecule has 0 N–H and O–H groups in total. The third-order valence-corrected chi connectivity index (χ3v) is 4.29. The molecule has 0 saturated carbocycles. The maximum Gasteiger partial charge on any atom is 0.260 e. The number of nitrogens with zero attached hydrogens (tertiary/aromatic N) is 1. The lowest BCUT2D eigenvalue weighted by atomic mass is 9.97. The topological polar surface area (TPSA) is 37.4 Å². The Morgan fingerprint density at radius 2 is 2.06 bits per heavy atom. The Hall–Kier alpha value is -1.16. The van der Waals surface area contributed by atoms with E-state index in [1.807, 2.05) is 18.2 Å². The highest BCUT2D eigenvalue weighted by Crippen LogP contribution is 2.21. The number of amides is 2. The number of halogens is 1. The predicted molar refractivity (Wildman–Crippen MR) is 73.8 cm³/mol. The average molecular weight is 310 g/mol. The molecule has 1 aromatic carbocycles. The summed E-state index contributed by atoms with van der Waals surface area (Å²) in [7, 11) is 0. The molecule has 2 amide bonds. The Kier molecular flexibility index (Phi) is 4.17. The van der Waals surface area contributed by atoms with E-state index in [0.29, 0.717) is 24.4 Å². The van der Waals surface area contributed by atoms with E-state index in [9.17, 15) is 9.59 Å². The lowest BCUT2D eigenvalue weighted by Crippen LogP contribution is -2.45. The van der Waals surface area contributed by atoms with Gasteiger partial charge in [-0.3, -0.25) is 14.5 Å². The van der Waals surface area contributed by atoms with Crippen LogP contribution in [-0.4, -0.2) is 28.6 Å².